The first-order valence-electron chi connectivity index (χ1n) is 5.20. The number of Topliss-reactive ketones (excluding diaryl/α,β-unsaturated/α-hetero) is 1. The molecule has 0 bridgehead atoms. The van der Waals surface area contributed by atoms with Crippen molar-refractivity contribution in [1.82, 2.24) is 4.98 Å². The number of rotatable bonds is 0. The first kappa shape index (κ1) is 10.3. The van der Waals surface area contributed by atoms with Crippen molar-refractivity contribution in [1.29, 1.82) is 0 Å². The topological polar surface area (TPSA) is 32.9 Å². The number of ketones is 1. The fourth-order valence-electron chi connectivity index (χ4n) is 2.33. The molecular weight excluding hydrogens is 320 g/mol. The standard InChI is InChI=1S/C12H9FINO/c13-7-4-5-8(14)12-10(7)6-2-1-3-9(16)11(6)15-12/h4-5,15H,1-3H2. The predicted molar refractivity (Wildman–Crippen MR) is 68.2 cm³/mol. The molecule has 4 heteroatoms. The number of H-pyrrole nitrogens is 1. The number of fused-ring (bicyclic) bond motifs is 3. The minimum absolute atomic E-state index is 0.104. The van der Waals surface area contributed by atoms with Crippen LogP contribution in [0.25, 0.3) is 10.9 Å². The second-order valence-corrected chi connectivity index (χ2v) is 5.20. The Morgan fingerprint density at radius 2 is 2.12 bits per heavy atom. The van der Waals surface area contributed by atoms with Crippen molar-refractivity contribution in [2.45, 2.75) is 19.3 Å². The molecule has 0 fully saturated rings. The first-order chi connectivity index (χ1) is 7.68. The molecule has 0 saturated heterocycles. The third-order valence-electron chi connectivity index (χ3n) is 3.07. The Kier molecular flexibility index (Phi) is 2.27. The largest absolute Gasteiger partial charge is 0.351 e. The van der Waals surface area contributed by atoms with E-state index in [0.29, 0.717) is 17.5 Å². The number of hydrogen-bond donors (Lipinski definition) is 1. The van der Waals surface area contributed by atoms with Crippen LogP contribution < -0.4 is 0 Å². The van der Waals surface area contributed by atoms with Crippen LogP contribution in [0.4, 0.5) is 4.39 Å². The minimum atomic E-state index is -0.234. The number of halogens is 2. The number of aromatic amines is 1. The summed E-state index contributed by atoms with van der Waals surface area (Å²) in [5.74, 6) is -0.129. The number of aryl methyl sites for hydroxylation is 1. The van der Waals surface area contributed by atoms with Gasteiger partial charge in [-0.05, 0) is 53.1 Å². The molecular formula is C12H9FINO. The molecule has 1 aromatic carbocycles. The van der Waals surface area contributed by atoms with E-state index >= 15 is 0 Å². The van der Waals surface area contributed by atoms with Crippen molar-refractivity contribution in [3.05, 3.63) is 32.8 Å². The molecule has 3 rings (SSSR count). The van der Waals surface area contributed by atoms with Gasteiger partial charge in [0.25, 0.3) is 0 Å². The minimum Gasteiger partial charge on any atom is -0.351 e. The molecule has 1 heterocycles. The van der Waals surface area contributed by atoms with Crippen LogP contribution in [-0.2, 0) is 6.42 Å². The Morgan fingerprint density at radius 3 is 2.94 bits per heavy atom. The summed E-state index contributed by atoms with van der Waals surface area (Å²) in [5.41, 5.74) is 2.24. The van der Waals surface area contributed by atoms with E-state index < -0.39 is 0 Å². The van der Waals surface area contributed by atoms with Crippen molar-refractivity contribution in [3.8, 4) is 0 Å². The quantitative estimate of drug-likeness (QED) is 0.738. The van der Waals surface area contributed by atoms with Gasteiger partial charge in [-0.25, -0.2) is 4.39 Å². The van der Waals surface area contributed by atoms with Crippen LogP contribution in [0.1, 0.15) is 28.9 Å². The van der Waals surface area contributed by atoms with E-state index in [0.717, 1.165) is 27.5 Å². The highest BCUT2D eigenvalue weighted by Crippen LogP contribution is 2.32. The molecule has 1 aromatic heterocycles. The van der Waals surface area contributed by atoms with Gasteiger partial charge in [0.1, 0.15) is 5.82 Å². The third-order valence-corrected chi connectivity index (χ3v) is 3.97. The lowest BCUT2D eigenvalue weighted by atomic mass is 9.94. The highest BCUT2D eigenvalue weighted by atomic mass is 127. The molecule has 2 aromatic rings. The number of nitrogens with one attached hydrogen (secondary N) is 1. The fourth-order valence-corrected chi connectivity index (χ4v) is 2.92. The molecule has 1 aliphatic rings. The molecule has 0 unspecified atom stereocenters. The van der Waals surface area contributed by atoms with Crippen LogP contribution in [0.5, 0.6) is 0 Å². The van der Waals surface area contributed by atoms with E-state index in [4.69, 9.17) is 0 Å². The van der Waals surface area contributed by atoms with Gasteiger partial charge in [0.15, 0.2) is 5.78 Å². The number of carbonyl (C=O) groups is 1. The molecule has 16 heavy (non-hydrogen) atoms. The maximum Gasteiger partial charge on any atom is 0.179 e. The molecule has 0 atom stereocenters. The maximum absolute atomic E-state index is 13.8. The Labute approximate surface area is 105 Å². The molecule has 0 amide bonds. The molecule has 0 radical (unpaired) electrons. The molecule has 0 aliphatic heterocycles. The van der Waals surface area contributed by atoms with Gasteiger partial charge >= 0.3 is 0 Å². The van der Waals surface area contributed by atoms with Gasteiger partial charge in [-0.3, -0.25) is 4.79 Å². The summed E-state index contributed by atoms with van der Waals surface area (Å²) in [5, 5.41) is 0.606. The zero-order valence-electron chi connectivity index (χ0n) is 8.44. The summed E-state index contributed by atoms with van der Waals surface area (Å²) in [6.07, 6.45) is 2.18. The van der Waals surface area contributed by atoms with E-state index in [1.54, 1.807) is 6.07 Å². The molecule has 1 aliphatic carbocycles. The van der Waals surface area contributed by atoms with Crippen molar-refractivity contribution < 1.29 is 9.18 Å². The van der Waals surface area contributed by atoms with Crippen molar-refractivity contribution in [2.24, 2.45) is 0 Å². The summed E-state index contributed by atoms with van der Waals surface area (Å²) in [4.78, 5) is 14.8. The van der Waals surface area contributed by atoms with E-state index in [-0.39, 0.29) is 11.6 Å². The number of aromatic nitrogens is 1. The number of carbonyl (C=O) groups excluding carboxylic acids is 1. The normalized spacial score (nSPS) is 15.5. The first-order valence-corrected chi connectivity index (χ1v) is 6.28. The van der Waals surface area contributed by atoms with Crippen LogP contribution in [0.2, 0.25) is 0 Å². The lowest BCUT2D eigenvalue weighted by molar-refractivity contribution is 0.0968. The van der Waals surface area contributed by atoms with E-state index in [1.807, 2.05) is 0 Å². The van der Waals surface area contributed by atoms with Gasteiger partial charge in [-0.2, -0.15) is 0 Å². The SMILES string of the molecule is O=C1CCCc2c1[nH]c1c(I)ccc(F)c21. The van der Waals surface area contributed by atoms with Crippen molar-refractivity contribution in [2.75, 3.05) is 0 Å². The molecule has 0 spiro atoms. The fraction of sp³-hybridized carbons (Fsp3) is 0.250. The monoisotopic (exact) mass is 329 g/mol. The molecule has 1 N–H and O–H groups in total. The Hall–Kier alpha value is -0.910. The Morgan fingerprint density at radius 1 is 1.31 bits per heavy atom. The molecule has 82 valence electrons. The van der Waals surface area contributed by atoms with E-state index in [1.165, 1.54) is 6.07 Å². The summed E-state index contributed by atoms with van der Waals surface area (Å²) < 4.78 is 14.7. The highest BCUT2D eigenvalue weighted by molar-refractivity contribution is 14.1. The van der Waals surface area contributed by atoms with Crippen molar-refractivity contribution >= 4 is 39.3 Å². The average molecular weight is 329 g/mol. The zero-order valence-corrected chi connectivity index (χ0v) is 10.6. The number of benzene rings is 1. The Balaban J connectivity index is 2.45. The third kappa shape index (κ3) is 1.32. The lowest BCUT2D eigenvalue weighted by Gasteiger charge is -2.09. The maximum atomic E-state index is 13.8. The van der Waals surface area contributed by atoms with Gasteiger partial charge < -0.3 is 4.98 Å². The summed E-state index contributed by atoms with van der Waals surface area (Å²) in [7, 11) is 0. The lowest BCUT2D eigenvalue weighted by Crippen LogP contribution is -2.09. The smallest absolute Gasteiger partial charge is 0.179 e. The summed E-state index contributed by atoms with van der Waals surface area (Å²) >= 11 is 2.16. The highest BCUT2D eigenvalue weighted by Gasteiger charge is 2.24. The van der Waals surface area contributed by atoms with E-state index in [9.17, 15) is 9.18 Å². The number of hydrogen-bond acceptors (Lipinski definition) is 1. The van der Waals surface area contributed by atoms with Gasteiger partial charge in [0.2, 0.25) is 0 Å². The second-order valence-electron chi connectivity index (χ2n) is 4.03. The van der Waals surface area contributed by atoms with Crippen LogP contribution in [-0.4, -0.2) is 10.8 Å². The Bertz CT molecular complexity index is 603. The van der Waals surface area contributed by atoms with E-state index in [2.05, 4.69) is 27.6 Å². The van der Waals surface area contributed by atoms with Crippen LogP contribution >= 0.6 is 22.6 Å². The van der Waals surface area contributed by atoms with Crippen LogP contribution in [0.15, 0.2) is 12.1 Å². The molecule has 2 nitrogen and oxygen atoms in total. The summed E-state index contributed by atoms with van der Waals surface area (Å²) in [6, 6.07) is 3.20. The van der Waals surface area contributed by atoms with Crippen molar-refractivity contribution in [3.63, 3.8) is 0 Å². The zero-order chi connectivity index (χ0) is 11.3. The van der Waals surface area contributed by atoms with Gasteiger partial charge in [0, 0.05) is 15.4 Å². The average Bonchev–Trinajstić information content (AvgIpc) is 2.66. The van der Waals surface area contributed by atoms with Crippen LogP contribution in [0.3, 0.4) is 0 Å². The second kappa shape index (κ2) is 3.55. The van der Waals surface area contributed by atoms with Gasteiger partial charge in [0.05, 0.1) is 11.2 Å². The van der Waals surface area contributed by atoms with Gasteiger partial charge in [-0.1, -0.05) is 0 Å². The molecule has 0 saturated carbocycles. The predicted octanol–water partition coefficient (Wildman–Crippen LogP) is 3.43. The van der Waals surface area contributed by atoms with Crippen LogP contribution in [0, 0.1) is 9.39 Å². The van der Waals surface area contributed by atoms with Gasteiger partial charge in [-0.15, -0.1) is 0 Å². The summed E-state index contributed by atoms with van der Waals surface area (Å²) in [6.45, 7) is 0.